The highest BCUT2D eigenvalue weighted by Crippen LogP contribution is 2.30. The van der Waals surface area contributed by atoms with Gasteiger partial charge >= 0.3 is 12.0 Å². The molecule has 7 heteroatoms. The van der Waals surface area contributed by atoms with E-state index in [0.29, 0.717) is 30.6 Å². The summed E-state index contributed by atoms with van der Waals surface area (Å²) in [5.74, 6) is -1.14. The standard InChI is InChI=1S/C15H19N3O4/c1-15(13(20)21)6-3-7-18(9-15)12(19)10-4-2-5-11(8-10)17-14(16)22/h2,4-5,8H,3,6-7,9H2,1H3,(H,20,21)(H3,16,17,22). The third-order valence-electron chi connectivity index (χ3n) is 3.88. The van der Waals surface area contributed by atoms with Crippen molar-refractivity contribution in [1.82, 2.24) is 4.90 Å². The van der Waals surface area contributed by atoms with Crippen LogP contribution in [0.15, 0.2) is 24.3 Å². The maximum atomic E-state index is 12.5. The van der Waals surface area contributed by atoms with Crippen LogP contribution in [0, 0.1) is 5.41 Å². The highest BCUT2D eigenvalue weighted by Gasteiger charge is 2.39. The van der Waals surface area contributed by atoms with Crippen LogP contribution in [0.25, 0.3) is 0 Å². The van der Waals surface area contributed by atoms with Gasteiger partial charge in [-0.15, -0.1) is 0 Å². The molecule has 1 fully saturated rings. The van der Waals surface area contributed by atoms with E-state index in [1.54, 1.807) is 30.0 Å². The van der Waals surface area contributed by atoms with Gasteiger partial charge in [-0.3, -0.25) is 9.59 Å². The first kappa shape index (κ1) is 15.8. The molecular formula is C15H19N3O4. The number of nitrogens with one attached hydrogen (secondary N) is 1. The quantitative estimate of drug-likeness (QED) is 0.785. The van der Waals surface area contributed by atoms with Gasteiger partial charge in [0.2, 0.25) is 0 Å². The lowest BCUT2D eigenvalue weighted by molar-refractivity contribution is -0.150. The monoisotopic (exact) mass is 305 g/mol. The SMILES string of the molecule is CC1(C(=O)O)CCCN(C(=O)c2cccc(NC(N)=O)c2)C1. The summed E-state index contributed by atoms with van der Waals surface area (Å²) in [7, 11) is 0. The fourth-order valence-corrected chi connectivity index (χ4v) is 2.64. The highest BCUT2D eigenvalue weighted by molar-refractivity contribution is 5.97. The number of nitrogens with zero attached hydrogens (tertiary/aromatic N) is 1. The second-order valence-corrected chi connectivity index (χ2v) is 5.77. The minimum atomic E-state index is -0.920. The number of aliphatic carboxylic acids is 1. The molecule has 1 atom stereocenters. The molecule has 0 spiro atoms. The third-order valence-corrected chi connectivity index (χ3v) is 3.88. The Morgan fingerprint density at radius 3 is 2.73 bits per heavy atom. The third kappa shape index (κ3) is 3.36. The molecule has 1 heterocycles. The van der Waals surface area contributed by atoms with Gasteiger partial charge in [0.05, 0.1) is 5.41 Å². The number of carbonyl (C=O) groups is 3. The van der Waals surface area contributed by atoms with Crippen LogP contribution in [-0.4, -0.2) is 41.0 Å². The Hall–Kier alpha value is -2.57. The molecule has 2 rings (SSSR count). The lowest BCUT2D eigenvalue weighted by atomic mass is 9.82. The molecule has 4 N–H and O–H groups in total. The second-order valence-electron chi connectivity index (χ2n) is 5.77. The molecule has 1 aliphatic rings. The van der Waals surface area contributed by atoms with E-state index in [2.05, 4.69) is 5.32 Å². The Morgan fingerprint density at radius 1 is 1.36 bits per heavy atom. The topological polar surface area (TPSA) is 113 Å². The van der Waals surface area contributed by atoms with Gasteiger partial charge in [-0.1, -0.05) is 6.07 Å². The molecular weight excluding hydrogens is 286 g/mol. The summed E-state index contributed by atoms with van der Waals surface area (Å²) in [5.41, 5.74) is 4.95. The van der Waals surface area contributed by atoms with Crippen LogP contribution >= 0.6 is 0 Å². The normalized spacial score (nSPS) is 21.2. The fourth-order valence-electron chi connectivity index (χ4n) is 2.64. The molecule has 0 radical (unpaired) electrons. The molecule has 1 saturated heterocycles. The first-order valence-corrected chi connectivity index (χ1v) is 7.01. The number of primary amides is 1. The van der Waals surface area contributed by atoms with Gasteiger partial charge in [0.25, 0.3) is 5.91 Å². The Balaban J connectivity index is 2.17. The summed E-state index contributed by atoms with van der Waals surface area (Å²) in [6, 6.07) is 5.71. The van der Waals surface area contributed by atoms with Crippen LogP contribution in [0.2, 0.25) is 0 Å². The van der Waals surface area contributed by atoms with Crippen molar-refractivity contribution in [2.75, 3.05) is 18.4 Å². The van der Waals surface area contributed by atoms with Crippen molar-refractivity contribution >= 4 is 23.6 Å². The minimum absolute atomic E-state index is 0.175. The predicted molar refractivity (Wildman–Crippen MR) is 80.5 cm³/mol. The number of benzene rings is 1. The van der Waals surface area contributed by atoms with Crippen LogP contribution in [0.1, 0.15) is 30.1 Å². The number of hydrogen-bond acceptors (Lipinski definition) is 3. The summed E-state index contributed by atoms with van der Waals surface area (Å²) in [4.78, 5) is 36.3. The first-order valence-electron chi connectivity index (χ1n) is 7.01. The number of nitrogens with two attached hydrogens (primary N) is 1. The molecule has 118 valence electrons. The van der Waals surface area contributed by atoms with Crippen LogP contribution in [0.3, 0.4) is 0 Å². The highest BCUT2D eigenvalue weighted by atomic mass is 16.4. The fraction of sp³-hybridized carbons (Fsp3) is 0.400. The Bertz CT molecular complexity index is 617. The number of carboxylic acids is 1. The molecule has 3 amide bonds. The maximum absolute atomic E-state index is 12.5. The molecule has 1 unspecified atom stereocenters. The molecule has 22 heavy (non-hydrogen) atoms. The zero-order valence-electron chi connectivity index (χ0n) is 12.3. The van der Waals surface area contributed by atoms with Gasteiger partial charge in [-0.2, -0.15) is 0 Å². The van der Waals surface area contributed by atoms with E-state index in [0.717, 1.165) is 0 Å². The van der Waals surface area contributed by atoms with Crippen LogP contribution < -0.4 is 11.1 Å². The van der Waals surface area contributed by atoms with Crippen LogP contribution in [0.4, 0.5) is 10.5 Å². The minimum Gasteiger partial charge on any atom is -0.481 e. The Morgan fingerprint density at radius 2 is 2.09 bits per heavy atom. The van der Waals surface area contributed by atoms with Crippen molar-refractivity contribution < 1.29 is 19.5 Å². The van der Waals surface area contributed by atoms with Gasteiger partial charge in [0, 0.05) is 24.3 Å². The summed E-state index contributed by atoms with van der Waals surface area (Å²) in [5, 5.41) is 11.7. The molecule has 0 aromatic heterocycles. The predicted octanol–water partition coefficient (Wildman–Crippen LogP) is 1.50. The summed E-state index contributed by atoms with van der Waals surface area (Å²) >= 11 is 0. The number of amides is 3. The van der Waals surface area contributed by atoms with E-state index in [1.807, 2.05) is 0 Å². The van der Waals surface area contributed by atoms with Crippen LogP contribution in [-0.2, 0) is 4.79 Å². The largest absolute Gasteiger partial charge is 0.481 e. The van der Waals surface area contributed by atoms with Crippen molar-refractivity contribution in [2.24, 2.45) is 11.1 Å². The molecule has 1 aromatic rings. The van der Waals surface area contributed by atoms with E-state index < -0.39 is 17.4 Å². The van der Waals surface area contributed by atoms with Gasteiger partial charge in [0.15, 0.2) is 0 Å². The maximum Gasteiger partial charge on any atom is 0.316 e. The second kappa shape index (κ2) is 6.05. The van der Waals surface area contributed by atoms with Crippen molar-refractivity contribution in [2.45, 2.75) is 19.8 Å². The van der Waals surface area contributed by atoms with E-state index in [9.17, 15) is 19.5 Å². The summed E-state index contributed by atoms with van der Waals surface area (Å²) in [6.45, 7) is 2.35. The van der Waals surface area contributed by atoms with Crippen molar-refractivity contribution in [3.05, 3.63) is 29.8 Å². The molecule has 1 aromatic carbocycles. The number of carbonyl (C=O) groups excluding carboxylic acids is 2. The molecule has 0 aliphatic carbocycles. The average molecular weight is 305 g/mol. The van der Waals surface area contributed by atoms with Gasteiger partial charge in [0.1, 0.15) is 0 Å². The first-order chi connectivity index (χ1) is 10.3. The zero-order chi connectivity index (χ0) is 16.3. The molecule has 1 aliphatic heterocycles. The van der Waals surface area contributed by atoms with Crippen LogP contribution in [0.5, 0.6) is 0 Å². The lowest BCUT2D eigenvalue weighted by Crippen LogP contribution is -2.48. The van der Waals surface area contributed by atoms with Crippen molar-refractivity contribution in [3.63, 3.8) is 0 Å². The number of rotatable bonds is 3. The number of anilines is 1. The van der Waals surface area contributed by atoms with Gasteiger partial charge in [-0.25, -0.2) is 4.79 Å². The number of likely N-dealkylation sites (tertiary alicyclic amines) is 1. The van der Waals surface area contributed by atoms with E-state index in [1.165, 1.54) is 6.07 Å². The van der Waals surface area contributed by atoms with E-state index in [4.69, 9.17) is 5.73 Å². The van der Waals surface area contributed by atoms with Gasteiger partial charge in [-0.05, 0) is 38.0 Å². The molecule has 0 bridgehead atoms. The smallest absolute Gasteiger partial charge is 0.316 e. The number of carboxylic acid groups (broad SMARTS) is 1. The number of urea groups is 1. The lowest BCUT2D eigenvalue weighted by Gasteiger charge is -2.37. The van der Waals surface area contributed by atoms with E-state index >= 15 is 0 Å². The molecule has 0 saturated carbocycles. The van der Waals surface area contributed by atoms with Crippen molar-refractivity contribution in [3.8, 4) is 0 Å². The Labute approximate surface area is 128 Å². The summed E-state index contributed by atoms with van der Waals surface area (Å²) < 4.78 is 0. The molecule has 7 nitrogen and oxygen atoms in total. The summed E-state index contributed by atoms with van der Waals surface area (Å²) in [6.07, 6.45) is 1.20. The van der Waals surface area contributed by atoms with Crippen molar-refractivity contribution in [1.29, 1.82) is 0 Å². The average Bonchev–Trinajstić information content (AvgIpc) is 2.46. The van der Waals surface area contributed by atoms with E-state index in [-0.39, 0.29) is 12.5 Å². The number of hydrogen-bond donors (Lipinski definition) is 3. The number of piperidine rings is 1. The van der Waals surface area contributed by atoms with Gasteiger partial charge < -0.3 is 21.1 Å². The Kier molecular flexibility index (Phi) is 4.35. The zero-order valence-corrected chi connectivity index (χ0v) is 12.3.